The van der Waals surface area contributed by atoms with Gasteiger partial charge in [-0.15, -0.1) is 11.3 Å². The van der Waals surface area contributed by atoms with E-state index in [9.17, 15) is 27.9 Å². The molecule has 21 heteroatoms. The van der Waals surface area contributed by atoms with Crippen LogP contribution in [0.25, 0.3) is 21.8 Å². The summed E-state index contributed by atoms with van der Waals surface area (Å²) >= 11 is 1.33. The van der Waals surface area contributed by atoms with Crippen LogP contribution in [-0.2, 0) is 29.8 Å². The van der Waals surface area contributed by atoms with Gasteiger partial charge in [0, 0.05) is 74.2 Å². The Morgan fingerprint density at radius 1 is 0.913 bits per heavy atom. The van der Waals surface area contributed by atoms with Crippen molar-refractivity contribution in [3.8, 4) is 21.8 Å². The first-order chi connectivity index (χ1) is 32.8. The lowest BCUT2D eigenvalue weighted by molar-refractivity contribution is -0.138. The van der Waals surface area contributed by atoms with Gasteiger partial charge in [0.15, 0.2) is 5.82 Å². The third-order valence-corrected chi connectivity index (χ3v) is 15.3. The maximum Gasteiger partial charge on any atom is 0.249 e. The van der Waals surface area contributed by atoms with Crippen molar-refractivity contribution >= 4 is 73.5 Å². The van der Waals surface area contributed by atoms with Gasteiger partial charge in [-0.05, 0) is 80.3 Å². The van der Waals surface area contributed by atoms with Crippen LogP contribution < -0.4 is 30.5 Å². The SMILES string of the molecule is CCCS(=O)(=O)Nc1cccc(-c2nc(C(C)(C)C)sc2-c2ccnc(Nc3ccc(N4CCN(C(=O)CC5(O)CCN(c6ccc(N[C@@H]7CCC(=O)NC7=O)cc6F)CC5)CC4)c(F)c3)n2)c1F. The molecule has 0 aliphatic carbocycles. The Morgan fingerprint density at radius 3 is 2.23 bits per heavy atom. The largest absolute Gasteiger partial charge is 0.389 e. The number of imide groups is 1. The lowest BCUT2D eigenvalue weighted by Gasteiger charge is -2.41. The highest BCUT2D eigenvalue weighted by Gasteiger charge is 2.37. The Morgan fingerprint density at radius 2 is 1.58 bits per heavy atom. The minimum absolute atomic E-state index is 0.0920. The molecule has 5 aromatic rings. The number of rotatable bonds is 14. The first-order valence-electron chi connectivity index (χ1n) is 22.9. The molecule has 16 nitrogen and oxygen atoms in total. The van der Waals surface area contributed by atoms with Crippen molar-refractivity contribution in [1.29, 1.82) is 0 Å². The van der Waals surface area contributed by atoms with E-state index in [1.54, 1.807) is 48.2 Å². The first-order valence-corrected chi connectivity index (χ1v) is 25.4. The molecular weight excluding hydrogens is 934 g/mol. The van der Waals surface area contributed by atoms with Gasteiger partial charge >= 0.3 is 0 Å². The van der Waals surface area contributed by atoms with E-state index in [4.69, 9.17) is 9.97 Å². The van der Waals surface area contributed by atoms with Gasteiger partial charge in [-0.2, -0.15) is 0 Å². The molecule has 3 aromatic carbocycles. The van der Waals surface area contributed by atoms with Crippen LogP contribution in [0.2, 0.25) is 0 Å². The number of sulfonamides is 1. The van der Waals surface area contributed by atoms with E-state index in [1.165, 1.54) is 41.8 Å². The molecule has 5 heterocycles. The number of carbonyl (C=O) groups is 3. The van der Waals surface area contributed by atoms with Gasteiger partial charge in [-0.25, -0.2) is 36.5 Å². The Hall–Kier alpha value is -6.32. The summed E-state index contributed by atoms with van der Waals surface area (Å²) in [6.45, 7) is 9.70. The van der Waals surface area contributed by atoms with Gasteiger partial charge in [-0.3, -0.25) is 24.4 Å². The topological polar surface area (TPSA) is 202 Å². The summed E-state index contributed by atoms with van der Waals surface area (Å²) in [5.41, 5.74) is 0.439. The Kier molecular flexibility index (Phi) is 14.2. The summed E-state index contributed by atoms with van der Waals surface area (Å²) in [7, 11) is -3.77. The summed E-state index contributed by atoms with van der Waals surface area (Å²) in [4.78, 5) is 56.8. The van der Waals surface area contributed by atoms with Crippen molar-refractivity contribution in [1.82, 2.24) is 25.2 Å². The fourth-order valence-corrected chi connectivity index (χ4v) is 10.8. The average molecular weight is 989 g/mol. The van der Waals surface area contributed by atoms with E-state index in [1.807, 2.05) is 30.6 Å². The molecule has 3 amide bonds. The molecular formula is C48H55F3N10O6S2. The predicted octanol–water partition coefficient (Wildman–Crippen LogP) is 7.16. The minimum atomic E-state index is -3.77. The molecule has 1 atom stereocenters. The van der Waals surface area contributed by atoms with E-state index >= 15 is 13.2 Å². The summed E-state index contributed by atoms with van der Waals surface area (Å²) in [6, 6.07) is 14.7. The zero-order valence-corrected chi connectivity index (χ0v) is 40.4. The number of benzene rings is 3. The van der Waals surface area contributed by atoms with Gasteiger partial charge in [0.05, 0.1) is 56.1 Å². The fourth-order valence-electron chi connectivity index (χ4n) is 8.61. The molecule has 0 radical (unpaired) electrons. The smallest absolute Gasteiger partial charge is 0.249 e. The van der Waals surface area contributed by atoms with Crippen molar-refractivity contribution in [3.05, 3.63) is 89.3 Å². The van der Waals surface area contributed by atoms with Crippen LogP contribution >= 0.6 is 11.3 Å². The number of carbonyl (C=O) groups excluding carboxylic acids is 3. The molecule has 8 rings (SSSR count). The van der Waals surface area contributed by atoms with Crippen LogP contribution in [0.5, 0.6) is 0 Å². The number of thiazole rings is 1. The average Bonchev–Trinajstić information content (AvgIpc) is 3.75. The number of hydrogen-bond acceptors (Lipinski definition) is 14. The van der Waals surface area contributed by atoms with E-state index < -0.39 is 50.4 Å². The molecule has 69 heavy (non-hydrogen) atoms. The number of aromatic nitrogens is 3. The van der Waals surface area contributed by atoms with Crippen LogP contribution in [0.4, 0.5) is 47.6 Å². The van der Waals surface area contributed by atoms with Gasteiger partial charge in [0.25, 0.3) is 0 Å². The molecule has 0 unspecified atom stereocenters. The molecule has 0 saturated carbocycles. The van der Waals surface area contributed by atoms with Crippen LogP contribution in [0.15, 0.2) is 66.9 Å². The summed E-state index contributed by atoms with van der Waals surface area (Å²) in [5.74, 6) is -2.77. The standard InChI is InChI=1S/C48H55F3N10O6S2/c1-5-25-69(66,67)58-34-8-6-7-31(41(34)51)42-43(68-45(57-42)47(2,3)4)35-15-18-52-46(55-35)54-30-10-13-38(33(50)27-30)60-21-23-61(24-22-60)40(63)28-48(65)16-19-59(20-17-48)37-12-9-29(26-32(37)49)53-36-11-14-39(62)56-44(36)64/h6-10,12-13,15,18,26-27,36,53,58,65H,5,11,14,16-17,19-25,28H2,1-4H3,(H,52,54,55)(H,56,62,64)/t36-/m1/s1. The second-order valence-electron chi connectivity index (χ2n) is 18.7. The molecule has 5 N–H and O–H groups in total. The number of anilines is 6. The third kappa shape index (κ3) is 11.4. The number of nitrogens with zero attached hydrogens (tertiary/aromatic N) is 6. The maximum atomic E-state index is 16.1. The number of aliphatic hydroxyl groups is 1. The minimum Gasteiger partial charge on any atom is -0.389 e. The lowest BCUT2D eigenvalue weighted by atomic mass is 9.87. The second-order valence-corrected chi connectivity index (χ2v) is 21.5. The Labute approximate surface area is 402 Å². The van der Waals surface area contributed by atoms with Gasteiger partial charge in [0.2, 0.25) is 33.7 Å². The van der Waals surface area contributed by atoms with Crippen molar-refractivity contribution in [3.63, 3.8) is 0 Å². The predicted molar refractivity (Wildman–Crippen MR) is 261 cm³/mol. The molecule has 0 bridgehead atoms. The van der Waals surface area contributed by atoms with E-state index in [-0.39, 0.29) is 60.4 Å². The number of hydrogen-bond donors (Lipinski definition) is 5. The molecule has 3 fully saturated rings. The summed E-state index contributed by atoms with van der Waals surface area (Å²) < 4.78 is 74.6. The summed E-state index contributed by atoms with van der Waals surface area (Å²) in [6.07, 6.45) is 2.81. The van der Waals surface area contributed by atoms with Crippen molar-refractivity contribution in [2.24, 2.45) is 0 Å². The normalized spacial score (nSPS) is 17.7. The Balaban J connectivity index is 0.865. The number of piperidine rings is 2. The molecule has 3 aliphatic heterocycles. The van der Waals surface area contributed by atoms with Crippen LogP contribution in [0, 0.1) is 17.5 Å². The number of halogens is 3. The zero-order chi connectivity index (χ0) is 49.3. The third-order valence-electron chi connectivity index (χ3n) is 12.4. The highest BCUT2D eigenvalue weighted by molar-refractivity contribution is 7.92. The molecule has 2 aromatic heterocycles. The van der Waals surface area contributed by atoms with E-state index in [0.717, 1.165) is 0 Å². The monoisotopic (exact) mass is 988 g/mol. The first kappa shape index (κ1) is 49.1. The number of nitrogens with one attached hydrogen (secondary N) is 4. The highest BCUT2D eigenvalue weighted by atomic mass is 32.2. The fraction of sp³-hybridized carbons (Fsp3) is 0.417. The Bertz CT molecular complexity index is 2860. The number of amides is 3. The number of piperazine rings is 1. The van der Waals surface area contributed by atoms with Crippen molar-refractivity contribution in [2.75, 3.05) is 70.2 Å². The van der Waals surface area contributed by atoms with Crippen LogP contribution in [-0.4, -0.2) is 108 Å². The van der Waals surface area contributed by atoms with Crippen LogP contribution in [0.1, 0.15) is 71.2 Å². The summed E-state index contributed by atoms with van der Waals surface area (Å²) in [5, 5.41) is 20.5. The van der Waals surface area contributed by atoms with E-state index in [2.05, 4.69) is 25.7 Å². The molecule has 0 spiro atoms. The molecule has 3 aliphatic rings. The quantitative estimate of drug-likeness (QED) is 0.0703. The molecule has 3 saturated heterocycles. The van der Waals surface area contributed by atoms with Gasteiger partial charge in [-0.1, -0.05) is 33.8 Å². The van der Waals surface area contributed by atoms with Gasteiger partial charge in [0.1, 0.15) is 17.7 Å². The maximum absolute atomic E-state index is 16.1. The van der Waals surface area contributed by atoms with Crippen LogP contribution in [0.3, 0.4) is 0 Å². The van der Waals surface area contributed by atoms with Crippen molar-refractivity contribution in [2.45, 2.75) is 83.3 Å². The lowest BCUT2D eigenvalue weighted by Crippen LogP contribution is -2.52. The highest BCUT2D eigenvalue weighted by Crippen LogP contribution is 2.42. The zero-order valence-electron chi connectivity index (χ0n) is 38.7. The van der Waals surface area contributed by atoms with Gasteiger partial charge < -0.3 is 30.4 Å². The second kappa shape index (κ2) is 20.0. The molecule has 366 valence electrons. The van der Waals surface area contributed by atoms with E-state index in [0.29, 0.717) is 96.1 Å². The van der Waals surface area contributed by atoms with Crippen molar-refractivity contribution < 1.29 is 41.1 Å².